The minimum Gasteiger partial charge on any atom is -0.147 e. The molecule has 0 saturated carbocycles. The Hall–Kier alpha value is -3.35. The molecule has 6 aromatic carbocycles. The van der Waals surface area contributed by atoms with E-state index in [1.165, 1.54) is 54.9 Å². The molecule has 52 heavy (non-hydrogen) atoms. The summed E-state index contributed by atoms with van der Waals surface area (Å²) in [6.07, 6.45) is 10.4. The van der Waals surface area contributed by atoms with Crippen LogP contribution >= 0.6 is 24.8 Å². The third kappa shape index (κ3) is 7.27. The van der Waals surface area contributed by atoms with Crippen molar-refractivity contribution in [3.63, 3.8) is 0 Å². The molecule has 0 N–H and O–H groups in total. The largest absolute Gasteiger partial charge is 0.147 e. The van der Waals surface area contributed by atoms with Gasteiger partial charge in [-0.15, -0.1) is 24.8 Å². The number of fused-ring (bicyclic) bond motifs is 5. The molecule has 264 valence electrons. The van der Waals surface area contributed by atoms with Crippen molar-refractivity contribution in [2.75, 3.05) is 0 Å². The summed E-state index contributed by atoms with van der Waals surface area (Å²) in [6, 6.07) is 46.9. The Morgan fingerprint density at radius 1 is 0.577 bits per heavy atom. The third-order valence-electron chi connectivity index (χ3n) is 11.1. The van der Waals surface area contributed by atoms with E-state index in [9.17, 15) is 0 Å². The van der Waals surface area contributed by atoms with Gasteiger partial charge in [0.15, 0.2) is 0 Å². The monoisotopic (exact) mass is 798 g/mol. The molecule has 0 bridgehead atoms. The van der Waals surface area contributed by atoms with Gasteiger partial charge in [-0.05, 0) is 0 Å². The maximum Gasteiger partial charge on any atom is -0.147 e. The summed E-state index contributed by atoms with van der Waals surface area (Å²) in [5.74, 6) is 0. The van der Waals surface area contributed by atoms with Crippen LogP contribution in [0.1, 0.15) is 85.0 Å². The number of halogens is 2. The number of rotatable bonds is 6. The summed E-state index contributed by atoms with van der Waals surface area (Å²) < 4.78 is 3.96. The van der Waals surface area contributed by atoms with E-state index in [-0.39, 0.29) is 35.6 Å². The van der Waals surface area contributed by atoms with Gasteiger partial charge in [0.25, 0.3) is 0 Å². The first-order chi connectivity index (χ1) is 24.1. The quantitative estimate of drug-likeness (QED) is 0.157. The summed E-state index contributed by atoms with van der Waals surface area (Å²) in [5, 5.41) is 5.46. The van der Waals surface area contributed by atoms with Crippen LogP contribution in [-0.4, -0.2) is 3.21 Å². The SMILES string of the molecule is CC(C)(C)c1ccc2c(c1)-c1cc(C(C)(C)C)ccc1[CH]2[Zr]([C]1=CC=CC1)=[C](Cc1cccc2ccccc12)Cc1cccc2ccccc12.Cl.Cl. The Balaban J connectivity index is 0.00000232. The molecule has 0 atom stereocenters. The summed E-state index contributed by atoms with van der Waals surface area (Å²) in [7, 11) is 0. The predicted octanol–water partition coefficient (Wildman–Crippen LogP) is 13.6. The summed E-state index contributed by atoms with van der Waals surface area (Å²) in [5.41, 5.74) is 12.0. The first-order valence-electron chi connectivity index (χ1n) is 18.4. The van der Waals surface area contributed by atoms with E-state index >= 15 is 0 Å². The molecule has 0 heterocycles. The van der Waals surface area contributed by atoms with Gasteiger partial charge in [-0.1, -0.05) is 0 Å². The zero-order valence-electron chi connectivity index (χ0n) is 31.3. The van der Waals surface area contributed by atoms with Crippen molar-refractivity contribution in [1.29, 1.82) is 0 Å². The molecule has 2 aliphatic carbocycles. The number of hydrogen-bond donors (Lipinski definition) is 0. The van der Waals surface area contributed by atoms with Crippen LogP contribution in [0.3, 0.4) is 0 Å². The van der Waals surface area contributed by atoms with Gasteiger partial charge in [0.05, 0.1) is 0 Å². The Morgan fingerprint density at radius 2 is 1.04 bits per heavy atom. The van der Waals surface area contributed by atoms with Crippen molar-refractivity contribution in [3.8, 4) is 11.1 Å². The van der Waals surface area contributed by atoms with E-state index < -0.39 is 21.3 Å². The molecule has 0 amide bonds. The summed E-state index contributed by atoms with van der Waals surface area (Å²) in [6.45, 7) is 14.1. The van der Waals surface area contributed by atoms with E-state index in [1.54, 1.807) is 17.6 Å². The fraction of sp³-hybridized carbons (Fsp3) is 0.245. The minimum atomic E-state index is -2.69. The molecule has 0 nitrogen and oxygen atoms in total. The molecule has 0 unspecified atom stereocenters. The topological polar surface area (TPSA) is 0 Å². The van der Waals surface area contributed by atoms with E-state index in [4.69, 9.17) is 0 Å². The van der Waals surface area contributed by atoms with E-state index in [1.807, 2.05) is 0 Å². The van der Waals surface area contributed by atoms with Gasteiger partial charge < -0.3 is 0 Å². The maximum atomic E-state index is 2.55. The van der Waals surface area contributed by atoms with Gasteiger partial charge in [0, 0.05) is 0 Å². The van der Waals surface area contributed by atoms with Gasteiger partial charge in [0.1, 0.15) is 0 Å². The van der Waals surface area contributed by atoms with Gasteiger partial charge in [-0.25, -0.2) is 0 Å². The minimum absolute atomic E-state index is 0. The fourth-order valence-electron chi connectivity index (χ4n) is 8.36. The summed E-state index contributed by atoms with van der Waals surface area (Å²) >= 11 is -2.69. The van der Waals surface area contributed by atoms with Crippen LogP contribution in [0.15, 0.2) is 143 Å². The Morgan fingerprint density at radius 3 is 1.48 bits per heavy atom. The Kier molecular flexibility index (Phi) is 11.2. The predicted molar refractivity (Wildman–Crippen MR) is 228 cm³/mol. The van der Waals surface area contributed by atoms with Crippen LogP contribution in [0.5, 0.6) is 0 Å². The molecule has 3 heteroatoms. The molecule has 6 aromatic rings. The van der Waals surface area contributed by atoms with Crippen molar-refractivity contribution >= 4 is 49.6 Å². The van der Waals surface area contributed by atoms with Gasteiger partial charge >= 0.3 is 309 Å². The molecule has 0 fully saturated rings. The van der Waals surface area contributed by atoms with Crippen molar-refractivity contribution in [1.82, 2.24) is 0 Å². The second-order valence-corrected chi connectivity index (χ2v) is 23.3. The number of hydrogen-bond acceptors (Lipinski definition) is 0. The van der Waals surface area contributed by atoms with Gasteiger partial charge in [0.2, 0.25) is 0 Å². The second kappa shape index (κ2) is 15.2. The average molecular weight is 801 g/mol. The van der Waals surface area contributed by atoms with Crippen molar-refractivity contribution < 1.29 is 21.3 Å². The maximum absolute atomic E-state index is 2.69. The van der Waals surface area contributed by atoms with Crippen LogP contribution in [0, 0.1) is 0 Å². The van der Waals surface area contributed by atoms with Crippen LogP contribution in [0.25, 0.3) is 32.7 Å². The molecule has 2 aliphatic rings. The second-order valence-electron chi connectivity index (χ2n) is 16.5. The average Bonchev–Trinajstić information content (AvgIpc) is 3.75. The normalized spacial score (nSPS) is 13.7. The van der Waals surface area contributed by atoms with Gasteiger partial charge in [-0.2, -0.15) is 0 Å². The van der Waals surface area contributed by atoms with E-state index in [2.05, 4.69) is 181 Å². The summed E-state index contributed by atoms with van der Waals surface area (Å²) in [4.78, 5) is 0. The number of allylic oxidation sites excluding steroid dienone is 4. The molecule has 8 rings (SSSR count). The molecule has 0 aromatic heterocycles. The van der Waals surface area contributed by atoms with Gasteiger partial charge in [-0.3, -0.25) is 0 Å². The molecular weight excluding hydrogens is 751 g/mol. The van der Waals surface area contributed by atoms with Crippen LogP contribution in [0.4, 0.5) is 0 Å². The Labute approximate surface area is 331 Å². The first kappa shape index (κ1) is 38.4. The fourth-order valence-corrected chi connectivity index (χ4v) is 17.5. The Bertz CT molecular complexity index is 2220. The van der Waals surface area contributed by atoms with E-state index in [0.717, 1.165) is 19.3 Å². The standard InChI is InChI=1S/C23H18.C21H25.C5H5.2ClH.Zr/c1-3-16-22-18(8-1)10-5-12-20(22)14-7-15-21-13-6-11-19-9-2-4-17-23(19)21;1-20(2,3)16-9-7-14-11-15-8-10-17(21(4,5)6)13-19(15)18(14)12-16;1-2-4-5-3-1;;;/h1-6,8-13,16-17H,14-15H2;7-13H,1-6H3;1-3H,4H2;2*1H;. The van der Waals surface area contributed by atoms with Crippen LogP contribution in [0.2, 0.25) is 0 Å². The van der Waals surface area contributed by atoms with Crippen LogP contribution in [-0.2, 0) is 44.9 Å². The van der Waals surface area contributed by atoms with Crippen LogP contribution < -0.4 is 0 Å². The third-order valence-corrected chi connectivity index (χ3v) is 19.4. The van der Waals surface area contributed by atoms with Crippen molar-refractivity contribution in [3.05, 3.63) is 176 Å². The molecule has 0 aliphatic heterocycles. The zero-order chi connectivity index (χ0) is 34.6. The van der Waals surface area contributed by atoms with Crippen molar-refractivity contribution in [2.45, 2.75) is 75.3 Å². The van der Waals surface area contributed by atoms with E-state index in [0.29, 0.717) is 3.63 Å². The molecule has 0 saturated heterocycles. The first-order valence-corrected chi connectivity index (χ1v) is 22.2. The molecule has 0 radical (unpaired) electrons. The molecule has 0 spiro atoms. The van der Waals surface area contributed by atoms with Crippen molar-refractivity contribution in [2.24, 2.45) is 0 Å². The smallest absolute Gasteiger partial charge is 0.147 e. The number of benzene rings is 6. The molecular formula is C49H50Cl2Zr. The zero-order valence-corrected chi connectivity index (χ0v) is 35.4.